The molecule has 10 heteroatoms. The lowest BCUT2D eigenvalue weighted by Crippen LogP contribution is -2.44. The van der Waals surface area contributed by atoms with Crippen molar-refractivity contribution >= 4 is 51.3 Å². The predicted molar refractivity (Wildman–Crippen MR) is 146 cm³/mol. The van der Waals surface area contributed by atoms with E-state index in [9.17, 15) is 4.79 Å². The minimum atomic E-state index is -0.0768. The largest absolute Gasteiger partial charge is 0.355 e. The van der Waals surface area contributed by atoms with Crippen molar-refractivity contribution in [3.8, 4) is 0 Å². The van der Waals surface area contributed by atoms with Crippen LogP contribution in [0.1, 0.15) is 49.3 Å². The summed E-state index contributed by atoms with van der Waals surface area (Å²) >= 11 is 9.83. The summed E-state index contributed by atoms with van der Waals surface area (Å²) < 4.78 is 1.70. The molecule has 2 N–H and O–H groups in total. The number of thiazole rings is 1. The van der Waals surface area contributed by atoms with E-state index in [4.69, 9.17) is 22.3 Å². The quantitative estimate of drug-likeness (QED) is 0.368. The summed E-state index contributed by atoms with van der Waals surface area (Å²) in [6.45, 7) is 5.78. The highest BCUT2D eigenvalue weighted by molar-refractivity contribution is 7.99. The third-order valence-corrected chi connectivity index (χ3v) is 10.0. The maximum atomic E-state index is 13.0. The van der Waals surface area contributed by atoms with Gasteiger partial charge in [-0.15, -0.1) is 11.3 Å². The van der Waals surface area contributed by atoms with Crippen LogP contribution in [0.4, 0.5) is 5.82 Å². The molecule has 1 atom stereocenters. The lowest BCUT2D eigenvalue weighted by atomic mass is 9.74. The highest BCUT2D eigenvalue weighted by Crippen LogP contribution is 2.51. The van der Waals surface area contributed by atoms with Crippen LogP contribution in [0.2, 0.25) is 5.02 Å². The molecule has 7 nitrogen and oxygen atoms in total. The van der Waals surface area contributed by atoms with Crippen LogP contribution in [0, 0.1) is 5.41 Å². The van der Waals surface area contributed by atoms with Crippen LogP contribution in [0.5, 0.6) is 0 Å². The summed E-state index contributed by atoms with van der Waals surface area (Å²) in [4.78, 5) is 31.2. The Morgan fingerprint density at radius 2 is 1.97 bits per heavy atom. The molecule has 2 aliphatic rings. The van der Waals surface area contributed by atoms with Crippen LogP contribution in [-0.2, 0) is 6.42 Å². The highest BCUT2D eigenvalue weighted by atomic mass is 35.5. The first kappa shape index (κ1) is 23.9. The fraction of sp³-hybridized carbons (Fsp3) is 0.385. The van der Waals surface area contributed by atoms with E-state index in [0.29, 0.717) is 10.4 Å². The van der Waals surface area contributed by atoms with Gasteiger partial charge in [-0.1, -0.05) is 29.4 Å². The summed E-state index contributed by atoms with van der Waals surface area (Å²) in [7, 11) is 0. The van der Waals surface area contributed by atoms with Crippen LogP contribution >= 0.6 is 34.7 Å². The molecule has 4 heterocycles. The average Bonchev–Trinajstić information content (AvgIpc) is 3.42. The van der Waals surface area contributed by atoms with Gasteiger partial charge in [-0.05, 0) is 56.0 Å². The monoisotopic (exact) mass is 538 g/mol. The molecule has 186 valence electrons. The molecule has 1 aromatic carbocycles. The van der Waals surface area contributed by atoms with Crippen molar-refractivity contribution < 1.29 is 0 Å². The van der Waals surface area contributed by atoms with E-state index < -0.39 is 0 Å². The maximum absolute atomic E-state index is 13.0. The topological polar surface area (TPSA) is 89.9 Å². The van der Waals surface area contributed by atoms with Crippen molar-refractivity contribution in [3.63, 3.8) is 0 Å². The Bertz CT molecular complexity index is 1490. The molecule has 36 heavy (non-hydrogen) atoms. The Kier molecular flexibility index (Phi) is 6.06. The van der Waals surface area contributed by atoms with Gasteiger partial charge in [-0.25, -0.2) is 15.0 Å². The van der Waals surface area contributed by atoms with E-state index >= 15 is 0 Å². The Hall–Kier alpha value is -2.46. The number of nitrogens with two attached hydrogens (primary N) is 1. The number of nitrogens with zero attached hydrogens (tertiary/aromatic N) is 5. The standard InChI is InChI=1S/C26H27ClN6OS2/c1-15(2)33-8-5-16-3-4-18(22(27)21(16)25(33)34)36-20-13-29-19(12-30-20)32-9-6-26(7-10-32)11-17-23(24(26)28)35-14-31-17/h3-5,8,12-15,24H,6-7,9-11,28H2,1-2H3/t24-/m1/s1. The van der Waals surface area contributed by atoms with E-state index in [1.165, 1.54) is 22.3 Å². The number of anilines is 1. The van der Waals surface area contributed by atoms with Crippen molar-refractivity contribution in [2.75, 3.05) is 18.0 Å². The smallest absolute Gasteiger partial charge is 0.260 e. The van der Waals surface area contributed by atoms with Crippen molar-refractivity contribution in [2.24, 2.45) is 11.1 Å². The second kappa shape index (κ2) is 9.13. The summed E-state index contributed by atoms with van der Waals surface area (Å²) in [6, 6.07) is 5.95. The van der Waals surface area contributed by atoms with Crippen molar-refractivity contribution in [3.05, 3.63) is 68.2 Å². The normalized spacial score (nSPS) is 18.9. The second-order valence-electron chi connectivity index (χ2n) is 9.95. The van der Waals surface area contributed by atoms with Gasteiger partial charge in [0.05, 0.1) is 34.0 Å². The molecular weight excluding hydrogens is 512 g/mol. The third-order valence-electron chi connectivity index (χ3n) is 7.60. The van der Waals surface area contributed by atoms with Gasteiger partial charge < -0.3 is 15.2 Å². The Morgan fingerprint density at radius 1 is 1.17 bits per heavy atom. The first-order valence-electron chi connectivity index (χ1n) is 12.1. The number of hydrogen-bond donors (Lipinski definition) is 1. The Balaban J connectivity index is 1.17. The van der Waals surface area contributed by atoms with Crippen LogP contribution in [0.25, 0.3) is 10.8 Å². The predicted octanol–water partition coefficient (Wildman–Crippen LogP) is 5.48. The molecule has 3 aromatic heterocycles. The molecule has 0 bridgehead atoms. The van der Waals surface area contributed by atoms with Gasteiger partial charge in [0.2, 0.25) is 0 Å². The SMILES string of the molecule is CC(C)n1ccc2ccc(Sc3cnc(N4CCC5(CC4)Cc4ncsc4[C@H]5N)cn3)c(Cl)c2c1=O. The van der Waals surface area contributed by atoms with Gasteiger partial charge in [0.25, 0.3) is 5.56 Å². The zero-order chi connectivity index (χ0) is 25.0. The maximum Gasteiger partial charge on any atom is 0.260 e. The zero-order valence-corrected chi connectivity index (χ0v) is 22.5. The second-order valence-corrected chi connectivity index (χ2v) is 12.3. The number of piperidine rings is 1. The van der Waals surface area contributed by atoms with Gasteiger partial charge in [0.1, 0.15) is 10.8 Å². The summed E-state index contributed by atoms with van der Waals surface area (Å²) in [5.74, 6) is 0.873. The van der Waals surface area contributed by atoms with Gasteiger partial charge >= 0.3 is 0 Å². The molecule has 1 spiro atoms. The molecule has 1 aliphatic heterocycles. The minimum Gasteiger partial charge on any atom is -0.355 e. The number of hydrogen-bond acceptors (Lipinski definition) is 8. The summed E-state index contributed by atoms with van der Waals surface area (Å²) in [6.07, 6.45) is 8.46. The van der Waals surface area contributed by atoms with Crippen LogP contribution < -0.4 is 16.2 Å². The Labute approximate surface area is 222 Å². The van der Waals surface area contributed by atoms with Crippen LogP contribution in [-0.4, -0.2) is 32.6 Å². The molecule has 0 unspecified atom stereocenters. The molecule has 1 aliphatic carbocycles. The summed E-state index contributed by atoms with van der Waals surface area (Å²) in [5.41, 5.74) is 9.79. The van der Waals surface area contributed by atoms with E-state index in [2.05, 4.69) is 14.9 Å². The molecule has 1 fully saturated rings. The molecule has 1 saturated heterocycles. The van der Waals surface area contributed by atoms with E-state index in [1.807, 2.05) is 50.0 Å². The highest BCUT2D eigenvalue weighted by Gasteiger charge is 2.47. The molecule has 6 rings (SSSR count). The number of benzene rings is 1. The first-order valence-corrected chi connectivity index (χ1v) is 14.2. The fourth-order valence-corrected chi connectivity index (χ4v) is 7.55. The first-order chi connectivity index (χ1) is 17.4. The Morgan fingerprint density at radius 3 is 2.67 bits per heavy atom. The van der Waals surface area contributed by atoms with Crippen molar-refractivity contribution in [2.45, 2.75) is 55.1 Å². The molecule has 4 aromatic rings. The zero-order valence-electron chi connectivity index (χ0n) is 20.1. The van der Waals surface area contributed by atoms with Crippen LogP contribution in [0.3, 0.4) is 0 Å². The third kappa shape index (κ3) is 3.93. The lowest BCUT2D eigenvalue weighted by Gasteiger charge is -2.42. The summed E-state index contributed by atoms with van der Waals surface area (Å²) in [5, 5.41) is 2.57. The van der Waals surface area contributed by atoms with E-state index in [-0.39, 0.29) is 23.1 Å². The molecule has 0 radical (unpaired) electrons. The van der Waals surface area contributed by atoms with Gasteiger partial charge in [0.15, 0.2) is 0 Å². The van der Waals surface area contributed by atoms with Gasteiger partial charge in [0, 0.05) is 41.1 Å². The average molecular weight is 539 g/mol. The molecular formula is C26H27ClN6OS2. The fourth-order valence-electron chi connectivity index (χ4n) is 5.46. The molecule has 0 saturated carbocycles. The number of fused-ring (bicyclic) bond motifs is 2. The van der Waals surface area contributed by atoms with Gasteiger partial charge in [-0.2, -0.15) is 0 Å². The lowest BCUT2D eigenvalue weighted by molar-refractivity contribution is 0.187. The molecule has 0 amide bonds. The number of pyridine rings is 1. The number of aromatic nitrogens is 4. The van der Waals surface area contributed by atoms with Crippen molar-refractivity contribution in [1.82, 2.24) is 19.5 Å². The van der Waals surface area contributed by atoms with E-state index in [0.717, 1.165) is 53.5 Å². The van der Waals surface area contributed by atoms with Crippen molar-refractivity contribution in [1.29, 1.82) is 0 Å². The van der Waals surface area contributed by atoms with E-state index in [1.54, 1.807) is 22.1 Å². The number of halogens is 1. The minimum absolute atomic E-state index is 0.0614. The number of rotatable bonds is 4. The van der Waals surface area contributed by atoms with Gasteiger partial charge in [-0.3, -0.25) is 4.79 Å². The van der Waals surface area contributed by atoms with Crippen LogP contribution in [0.15, 0.2) is 57.0 Å².